The van der Waals surface area contributed by atoms with Gasteiger partial charge in [-0.05, 0) is 37.1 Å². The standard InChI is InChI=1S/C12H16N4/c1-8-3-4-16-11(5-8)14-15-12(16)10-7-13-6-9(10)2/h3-5,9-10,13H,6-7H2,1-2H3. The van der Waals surface area contributed by atoms with E-state index in [-0.39, 0.29) is 0 Å². The van der Waals surface area contributed by atoms with Gasteiger partial charge in [-0.1, -0.05) is 6.92 Å². The molecule has 0 amide bonds. The van der Waals surface area contributed by atoms with Crippen molar-refractivity contribution in [3.63, 3.8) is 0 Å². The number of hydrogen-bond acceptors (Lipinski definition) is 3. The van der Waals surface area contributed by atoms with Crippen LogP contribution in [0.2, 0.25) is 0 Å². The van der Waals surface area contributed by atoms with Gasteiger partial charge in [-0.25, -0.2) is 0 Å². The van der Waals surface area contributed by atoms with Crippen LogP contribution in [0.15, 0.2) is 18.3 Å². The molecular weight excluding hydrogens is 200 g/mol. The maximum absolute atomic E-state index is 4.34. The summed E-state index contributed by atoms with van der Waals surface area (Å²) in [7, 11) is 0. The number of pyridine rings is 1. The van der Waals surface area contributed by atoms with E-state index in [9.17, 15) is 0 Å². The van der Waals surface area contributed by atoms with Crippen molar-refractivity contribution in [2.45, 2.75) is 19.8 Å². The van der Waals surface area contributed by atoms with Crippen LogP contribution >= 0.6 is 0 Å². The van der Waals surface area contributed by atoms with E-state index < -0.39 is 0 Å². The highest BCUT2D eigenvalue weighted by Gasteiger charge is 2.28. The summed E-state index contributed by atoms with van der Waals surface area (Å²) in [4.78, 5) is 0. The molecule has 0 bridgehead atoms. The number of hydrogen-bond donors (Lipinski definition) is 1. The maximum Gasteiger partial charge on any atom is 0.161 e. The SMILES string of the molecule is Cc1ccn2c(C3CNCC3C)nnc2c1. The fraction of sp³-hybridized carbons (Fsp3) is 0.500. The van der Waals surface area contributed by atoms with Gasteiger partial charge in [-0.15, -0.1) is 10.2 Å². The van der Waals surface area contributed by atoms with E-state index in [1.54, 1.807) is 0 Å². The first kappa shape index (κ1) is 9.78. The predicted molar refractivity (Wildman–Crippen MR) is 62.5 cm³/mol. The summed E-state index contributed by atoms with van der Waals surface area (Å²) in [5.41, 5.74) is 2.18. The number of fused-ring (bicyclic) bond motifs is 1. The number of nitrogens with zero attached hydrogens (tertiary/aromatic N) is 3. The Bertz CT molecular complexity index is 517. The zero-order valence-corrected chi connectivity index (χ0v) is 9.64. The van der Waals surface area contributed by atoms with Crippen LogP contribution in [0.3, 0.4) is 0 Å². The molecule has 1 aliphatic heterocycles. The zero-order valence-electron chi connectivity index (χ0n) is 9.64. The van der Waals surface area contributed by atoms with Crippen molar-refractivity contribution in [1.82, 2.24) is 19.9 Å². The summed E-state index contributed by atoms with van der Waals surface area (Å²) in [6, 6.07) is 4.18. The van der Waals surface area contributed by atoms with Crippen molar-refractivity contribution in [2.24, 2.45) is 5.92 Å². The Morgan fingerprint density at radius 3 is 3.00 bits per heavy atom. The summed E-state index contributed by atoms with van der Waals surface area (Å²) >= 11 is 0. The molecule has 2 aromatic heterocycles. The Hall–Kier alpha value is -1.42. The van der Waals surface area contributed by atoms with Crippen LogP contribution in [0.4, 0.5) is 0 Å². The smallest absolute Gasteiger partial charge is 0.161 e. The lowest BCUT2D eigenvalue weighted by atomic mass is 9.97. The lowest BCUT2D eigenvalue weighted by Crippen LogP contribution is -2.11. The third kappa shape index (κ3) is 1.41. The molecule has 0 saturated carbocycles. The van der Waals surface area contributed by atoms with Crippen molar-refractivity contribution in [3.8, 4) is 0 Å². The van der Waals surface area contributed by atoms with E-state index in [0.717, 1.165) is 24.6 Å². The van der Waals surface area contributed by atoms with Crippen molar-refractivity contribution < 1.29 is 0 Å². The highest BCUT2D eigenvalue weighted by molar-refractivity contribution is 5.41. The van der Waals surface area contributed by atoms with Crippen molar-refractivity contribution in [1.29, 1.82) is 0 Å². The van der Waals surface area contributed by atoms with Gasteiger partial charge >= 0.3 is 0 Å². The molecule has 0 spiro atoms. The lowest BCUT2D eigenvalue weighted by Gasteiger charge is -2.11. The highest BCUT2D eigenvalue weighted by atomic mass is 15.3. The summed E-state index contributed by atoms with van der Waals surface area (Å²) in [5, 5.41) is 12.0. The van der Waals surface area contributed by atoms with E-state index in [4.69, 9.17) is 0 Å². The largest absolute Gasteiger partial charge is 0.316 e. The van der Waals surface area contributed by atoms with Crippen LogP contribution in [0, 0.1) is 12.8 Å². The second-order valence-corrected chi connectivity index (χ2v) is 4.73. The van der Waals surface area contributed by atoms with E-state index in [1.165, 1.54) is 5.56 Å². The maximum atomic E-state index is 4.34. The Morgan fingerprint density at radius 1 is 1.38 bits per heavy atom. The first-order valence-electron chi connectivity index (χ1n) is 5.77. The number of aryl methyl sites for hydroxylation is 1. The summed E-state index contributed by atoms with van der Waals surface area (Å²) < 4.78 is 2.11. The van der Waals surface area contributed by atoms with Gasteiger partial charge in [-0.2, -0.15) is 0 Å². The molecule has 1 aliphatic rings. The first-order chi connectivity index (χ1) is 7.75. The average Bonchev–Trinajstić information content (AvgIpc) is 2.83. The zero-order chi connectivity index (χ0) is 11.1. The van der Waals surface area contributed by atoms with Gasteiger partial charge in [0.1, 0.15) is 5.82 Å². The molecule has 2 atom stereocenters. The molecule has 1 saturated heterocycles. The molecule has 0 aliphatic carbocycles. The third-order valence-electron chi connectivity index (χ3n) is 3.44. The minimum atomic E-state index is 0.484. The van der Waals surface area contributed by atoms with Crippen LogP contribution in [0.1, 0.15) is 24.2 Å². The summed E-state index contributed by atoms with van der Waals surface area (Å²) in [6.07, 6.45) is 2.07. The monoisotopic (exact) mass is 216 g/mol. The van der Waals surface area contributed by atoms with Crippen LogP contribution in [-0.2, 0) is 0 Å². The summed E-state index contributed by atoms with van der Waals surface area (Å²) in [6.45, 7) is 6.43. The molecular formula is C12H16N4. The molecule has 1 N–H and O–H groups in total. The molecule has 84 valence electrons. The van der Waals surface area contributed by atoms with Crippen molar-refractivity contribution >= 4 is 5.65 Å². The highest BCUT2D eigenvalue weighted by Crippen LogP contribution is 2.26. The van der Waals surface area contributed by atoms with Crippen LogP contribution in [0.25, 0.3) is 5.65 Å². The number of nitrogens with one attached hydrogen (secondary N) is 1. The number of aromatic nitrogens is 3. The lowest BCUT2D eigenvalue weighted by molar-refractivity contribution is 0.541. The van der Waals surface area contributed by atoms with Crippen LogP contribution in [-0.4, -0.2) is 27.7 Å². The Labute approximate surface area is 94.7 Å². The fourth-order valence-electron chi connectivity index (χ4n) is 2.42. The molecule has 16 heavy (non-hydrogen) atoms. The van der Waals surface area contributed by atoms with E-state index in [1.807, 2.05) is 0 Å². The van der Waals surface area contributed by atoms with E-state index >= 15 is 0 Å². The topological polar surface area (TPSA) is 42.2 Å². The van der Waals surface area contributed by atoms with Gasteiger partial charge in [0, 0.05) is 18.7 Å². The molecule has 3 rings (SSSR count). The van der Waals surface area contributed by atoms with Gasteiger partial charge < -0.3 is 5.32 Å². The second kappa shape index (κ2) is 3.56. The fourth-order valence-corrected chi connectivity index (χ4v) is 2.42. The molecule has 4 nitrogen and oxygen atoms in total. The first-order valence-corrected chi connectivity index (χ1v) is 5.77. The molecule has 0 aromatic carbocycles. The third-order valence-corrected chi connectivity index (χ3v) is 3.44. The molecule has 4 heteroatoms. The van der Waals surface area contributed by atoms with E-state index in [2.05, 4.69) is 52.1 Å². The van der Waals surface area contributed by atoms with Gasteiger partial charge in [0.2, 0.25) is 0 Å². The van der Waals surface area contributed by atoms with Gasteiger partial charge in [0.25, 0.3) is 0 Å². The van der Waals surface area contributed by atoms with Gasteiger partial charge in [0.15, 0.2) is 5.65 Å². The predicted octanol–water partition coefficient (Wildman–Crippen LogP) is 1.36. The van der Waals surface area contributed by atoms with Crippen LogP contribution < -0.4 is 5.32 Å². The average molecular weight is 216 g/mol. The number of rotatable bonds is 1. The quantitative estimate of drug-likeness (QED) is 0.782. The van der Waals surface area contributed by atoms with Gasteiger partial charge in [-0.3, -0.25) is 4.40 Å². The molecule has 2 unspecified atom stereocenters. The molecule has 2 aromatic rings. The Balaban J connectivity index is 2.10. The summed E-state index contributed by atoms with van der Waals surface area (Å²) in [5.74, 6) is 2.21. The second-order valence-electron chi connectivity index (χ2n) is 4.73. The molecule has 1 fully saturated rings. The minimum Gasteiger partial charge on any atom is -0.316 e. The van der Waals surface area contributed by atoms with E-state index in [0.29, 0.717) is 11.8 Å². The Kier molecular flexibility index (Phi) is 2.17. The Morgan fingerprint density at radius 2 is 2.25 bits per heavy atom. The van der Waals surface area contributed by atoms with Crippen LogP contribution in [0.5, 0.6) is 0 Å². The van der Waals surface area contributed by atoms with Crippen molar-refractivity contribution in [2.75, 3.05) is 13.1 Å². The normalized spacial score (nSPS) is 25.4. The van der Waals surface area contributed by atoms with Crippen molar-refractivity contribution in [3.05, 3.63) is 29.7 Å². The van der Waals surface area contributed by atoms with Gasteiger partial charge in [0.05, 0.1) is 0 Å². The minimum absolute atomic E-state index is 0.484. The molecule has 3 heterocycles. The molecule has 0 radical (unpaired) electrons.